The van der Waals surface area contributed by atoms with Gasteiger partial charge in [-0.2, -0.15) is 0 Å². The van der Waals surface area contributed by atoms with E-state index in [1.54, 1.807) is 6.92 Å². The Morgan fingerprint density at radius 3 is 2.83 bits per heavy atom. The second-order valence-corrected chi connectivity index (χ2v) is 6.36. The number of benzene rings is 1. The first kappa shape index (κ1) is 16.3. The molecule has 1 aromatic carbocycles. The Kier molecular flexibility index (Phi) is 4.42. The number of nitrogens with zero attached hydrogens (tertiary/aromatic N) is 1. The third-order valence-corrected chi connectivity index (χ3v) is 4.52. The monoisotopic (exact) mass is 327 g/mol. The van der Waals surface area contributed by atoms with Crippen LogP contribution >= 0.6 is 0 Å². The van der Waals surface area contributed by atoms with Crippen LogP contribution in [0.2, 0.25) is 0 Å². The van der Waals surface area contributed by atoms with Crippen LogP contribution in [0.25, 0.3) is 0 Å². The summed E-state index contributed by atoms with van der Waals surface area (Å²) in [6.45, 7) is 4.49. The summed E-state index contributed by atoms with van der Waals surface area (Å²) in [6, 6.07) is 8.23. The highest BCUT2D eigenvalue weighted by Crippen LogP contribution is 2.34. The Hall–Kier alpha value is -2.56. The summed E-state index contributed by atoms with van der Waals surface area (Å²) in [6.07, 6.45) is 3.04. The van der Waals surface area contributed by atoms with Crippen molar-refractivity contribution in [2.24, 2.45) is 0 Å². The molecule has 0 radical (unpaired) electrons. The second-order valence-electron chi connectivity index (χ2n) is 6.36. The number of likely N-dealkylation sites (tertiary alicyclic amines) is 1. The van der Waals surface area contributed by atoms with Gasteiger partial charge in [0.25, 0.3) is 5.91 Å². The molecule has 1 aromatic heterocycles. The van der Waals surface area contributed by atoms with Crippen molar-refractivity contribution in [2.75, 3.05) is 6.54 Å². The van der Waals surface area contributed by atoms with E-state index in [1.807, 2.05) is 30.0 Å². The van der Waals surface area contributed by atoms with Gasteiger partial charge in [0.1, 0.15) is 12.2 Å². The van der Waals surface area contributed by atoms with Crippen LogP contribution in [0.4, 0.5) is 0 Å². The van der Waals surface area contributed by atoms with Gasteiger partial charge >= 0.3 is 5.97 Å². The Morgan fingerprint density at radius 2 is 2.12 bits per heavy atom. The molecular weight excluding hydrogens is 306 g/mol. The predicted molar refractivity (Wildman–Crippen MR) is 89.0 cm³/mol. The number of carbonyl (C=O) groups excluding carboxylic acids is 1. The summed E-state index contributed by atoms with van der Waals surface area (Å²) in [4.78, 5) is 25.9. The number of hydrogen-bond acceptors (Lipinski definition) is 3. The number of carbonyl (C=O) groups is 2. The lowest BCUT2D eigenvalue weighted by molar-refractivity contribution is -0.136. The van der Waals surface area contributed by atoms with Crippen molar-refractivity contribution in [3.8, 4) is 0 Å². The number of carboxylic acids is 1. The number of carboxylic acid groups (broad SMARTS) is 1. The summed E-state index contributed by atoms with van der Waals surface area (Å²) >= 11 is 0. The van der Waals surface area contributed by atoms with Crippen LogP contribution in [0, 0.1) is 13.8 Å². The summed E-state index contributed by atoms with van der Waals surface area (Å²) in [5.41, 5.74) is 3.38. The maximum atomic E-state index is 13.1. The molecule has 0 aliphatic carbocycles. The summed E-state index contributed by atoms with van der Waals surface area (Å²) in [5.74, 6) is -0.906. The smallest absolute Gasteiger partial charge is 0.311 e. The van der Waals surface area contributed by atoms with Crippen LogP contribution in [0.1, 0.15) is 51.7 Å². The van der Waals surface area contributed by atoms with Gasteiger partial charge in [-0.1, -0.05) is 29.8 Å². The second kappa shape index (κ2) is 6.51. The Morgan fingerprint density at radius 1 is 1.33 bits per heavy atom. The predicted octanol–water partition coefficient (Wildman–Crippen LogP) is 3.50. The maximum absolute atomic E-state index is 13.1. The third kappa shape index (κ3) is 3.07. The zero-order chi connectivity index (χ0) is 17.3. The van der Waals surface area contributed by atoms with Crippen molar-refractivity contribution >= 4 is 11.9 Å². The highest BCUT2D eigenvalue weighted by Gasteiger charge is 2.33. The summed E-state index contributed by atoms with van der Waals surface area (Å²) < 4.78 is 5.32. The molecule has 1 aliphatic rings. The molecule has 1 unspecified atom stereocenters. The largest absolute Gasteiger partial charge is 0.481 e. The summed E-state index contributed by atoms with van der Waals surface area (Å²) in [5, 5.41) is 9.02. The average molecular weight is 327 g/mol. The van der Waals surface area contributed by atoms with Crippen LogP contribution in [-0.4, -0.2) is 28.4 Å². The van der Waals surface area contributed by atoms with Gasteiger partial charge < -0.3 is 14.4 Å². The number of aryl methyl sites for hydroxylation is 2. The fraction of sp³-hybridized carbons (Fsp3) is 0.368. The van der Waals surface area contributed by atoms with Crippen LogP contribution in [0.3, 0.4) is 0 Å². The van der Waals surface area contributed by atoms with Crippen LogP contribution in [-0.2, 0) is 11.2 Å². The molecule has 1 amide bonds. The minimum Gasteiger partial charge on any atom is -0.481 e. The van der Waals surface area contributed by atoms with E-state index < -0.39 is 5.97 Å². The summed E-state index contributed by atoms with van der Waals surface area (Å²) in [7, 11) is 0. The van der Waals surface area contributed by atoms with Crippen LogP contribution in [0.5, 0.6) is 0 Å². The number of furan rings is 1. The number of amides is 1. The van der Waals surface area contributed by atoms with Gasteiger partial charge in [-0.05, 0) is 32.3 Å². The Bertz CT molecular complexity index is 777. The van der Waals surface area contributed by atoms with Crippen LogP contribution < -0.4 is 0 Å². The minimum atomic E-state index is -1.00. The standard InChI is InChI=1S/C19H21NO4/c1-12-5-3-6-14(9-12)15-7-4-8-20(15)19(23)18-13(2)11-24-16(18)10-17(21)22/h3,5-6,9,11,15H,4,7-8,10H2,1-2H3,(H,21,22). The number of hydrogen-bond donors (Lipinski definition) is 1. The quantitative estimate of drug-likeness (QED) is 0.933. The van der Waals surface area contributed by atoms with E-state index in [9.17, 15) is 9.59 Å². The van der Waals surface area contributed by atoms with E-state index in [4.69, 9.17) is 9.52 Å². The molecule has 0 bridgehead atoms. The molecule has 2 heterocycles. The molecule has 0 spiro atoms. The van der Waals surface area contributed by atoms with Gasteiger partial charge in [0.15, 0.2) is 0 Å². The van der Waals surface area contributed by atoms with E-state index >= 15 is 0 Å². The van der Waals surface area contributed by atoms with E-state index in [1.165, 1.54) is 6.26 Å². The van der Waals surface area contributed by atoms with E-state index in [2.05, 4.69) is 6.07 Å². The molecule has 126 valence electrons. The van der Waals surface area contributed by atoms with Gasteiger partial charge in [-0.3, -0.25) is 9.59 Å². The molecular formula is C19H21NO4. The zero-order valence-corrected chi connectivity index (χ0v) is 13.9. The van der Waals surface area contributed by atoms with Gasteiger partial charge in [0, 0.05) is 12.1 Å². The fourth-order valence-electron chi connectivity index (χ4n) is 3.43. The fourth-order valence-corrected chi connectivity index (χ4v) is 3.43. The average Bonchev–Trinajstić information content (AvgIpc) is 3.13. The molecule has 1 N–H and O–H groups in total. The van der Waals surface area contributed by atoms with Crippen molar-refractivity contribution in [3.63, 3.8) is 0 Å². The molecule has 24 heavy (non-hydrogen) atoms. The van der Waals surface area contributed by atoms with E-state index in [0.717, 1.165) is 24.0 Å². The molecule has 1 saturated heterocycles. The highest BCUT2D eigenvalue weighted by molar-refractivity contribution is 5.97. The molecule has 1 aliphatic heterocycles. The van der Waals surface area contributed by atoms with E-state index in [0.29, 0.717) is 17.7 Å². The molecule has 1 fully saturated rings. The van der Waals surface area contributed by atoms with Crippen LogP contribution in [0.15, 0.2) is 34.9 Å². The first-order valence-electron chi connectivity index (χ1n) is 8.13. The lowest BCUT2D eigenvalue weighted by Crippen LogP contribution is -2.31. The maximum Gasteiger partial charge on any atom is 0.311 e. The SMILES string of the molecule is Cc1cccc(C2CCCN2C(=O)c2c(C)coc2CC(=O)O)c1. The van der Waals surface area contributed by atoms with E-state index in [-0.39, 0.29) is 24.1 Å². The van der Waals surface area contributed by atoms with Crippen molar-refractivity contribution in [1.82, 2.24) is 4.90 Å². The Balaban J connectivity index is 1.92. The van der Waals surface area contributed by atoms with Crippen molar-refractivity contribution in [1.29, 1.82) is 0 Å². The first-order valence-corrected chi connectivity index (χ1v) is 8.13. The number of aliphatic carboxylic acids is 1. The van der Waals surface area contributed by atoms with Gasteiger partial charge in [0.05, 0.1) is 17.9 Å². The molecule has 2 aromatic rings. The lowest BCUT2D eigenvalue weighted by Gasteiger charge is -2.25. The lowest BCUT2D eigenvalue weighted by atomic mass is 10.0. The molecule has 3 rings (SSSR count). The molecule has 5 nitrogen and oxygen atoms in total. The van der Waals surface area contributed by atoms with Crippen molar-refractivity contribution in [2.45, 2.75) is 39.2 Å². The van der Waals surface area contributed by atoms with Gasteiger partial charge in [-0.15, -0.1) is 0 Å². The molecule has 1 atom stereocenters. The minimum absolute atomic E-state index is 0.0318. The normalized spacial score (nSPS) is 17.2. The third-order valence-electron chi connectivity index (χ3n) is 4.52. The molecule has 0 saturated carbocycles. The topological polar surface area (TPSA) is 70.8 Å². The highest BCUT2D eigenvalue weighted by atomic mass is 16.4. The van der Waals surface area contributed by atoms with Crippen molar-refractivity contribution in [3.05, 3.63) is 58.5 Å². The van der Waals surface area contributed by atoms with Crippen molar-refractivity contribution < 1.29 is 19.1 Å². The first-order chi connectivity index (χ1) is 11.5. The zero-order valence-electron chi connectivity index (χ0n) is 13.9. The number of rotatable bonds is 4. The van der Waals surface area contributed by atoms with Gasteiger partial charge in [-0.25, -0.2) is 0 Å². The molecule has 5 heteroatoms. The van der Waals surface area contributed by atoms with Gasteiger partial charge in [0.2, 0.25) is 0 Å². The Labute approximate surface area is 140 Å².